The molecule has 1 fully saturated rings. The molecule has 4 heteroatoms. The lowest BCUT2D eigenvalue weighted by Crippen LogP contribution is -2.41. The maximum absolute atomic E-state index is 12.4. The highest BCUT2D eigenvalue weighted by Gasteiger charge is 2.24. The number of hydrogen-bond donors (Lipinski definition) is 2. The van der Waals surface area contributed by atoms with Crippen LogP contribution in [0.25, 0.3) is 0 Å². The molecule has 0 radical (unpaired) electrons. The Bertz CT molecular complexity index is 467. The fourth-order valence-electron chi connectivity index (χ4n) is 3.11. The summed E-state index contributed by atoms with van der Waals surface area (Å²) in [7, 11) is 0. The fourth-order valence-corrected chi connectivity index (χ4v) is 3.11. The number of aromatic nitrogens is 1. The van der Waals surface area contributed by atoms with Crippen molar-refractivity contribution in [3.05, 3.63) is 23.5 Å². The standard InChI is InChI=1S/C16H25N3O/c1-3-15(12-7-5-4-6-8-12)19-16(20)13-10-18-11(2)9-14(13)17/h9-10,12,15H,3-8H2,1-2H3,(H2,17,18)(H,19,20). The number of pyridine rings is 1. The summed E-state index contributed by atoms with van der Waals surface area (Å²) < 4.78 is 0. The zero-order chi connectivity index (χ0) is 14.5. The summed E-state index contributed by atoms with van der Waals surface area (Å²) in [5.74, 6) is 0.518. The summed E-state index contributed by atoms with van der Waals surface area (Å²) in [6.07, 6.45) is 8.89. The van der Waals surface area contributed by atoms with Crippen LogP contribution in [0.3, 0.4) is 0 Å². The molecule has 1 aromatic heterocycles. The SMILES string of the molecule is CCC(NC(=O)c1cnc(C)cc1N)C1CCCCC1. The zero-order valence-corrected chi connectivity index (χ0v) is 12.5. The van der Waals surface area contributed by atoms with Crippen LogP contribution in [0.15, 0.2) is 12.3 Å². The lowest BCUT2D eigenvalue weighted by molar-refractivity contribution is 0.0911. The van der Waals surface area contributed by atoms with E-state index in [4.69, 9.17) is 5.73 Å². The van der Waals surface area contributed by atoms with Crippen molar-refractivity contribution >= 4 is 11.6 Å². The summed E-state index contributed by atoms with van der Waals surface area (Å²) >= 11 is 0. The van der Waals surface area contributed by atoms with Crippen molar-refractivity contribution in [1.29, 1.82) is 0 Å². The number of nitrogen functional groups attached to an aromatic ring is 1. The van der Waals surface area contributed by atoms with Crippen LogP contribution in [0.5, 0.6) is 0 Å². The molecule has 0 bridgehead atoms. The van der Waals surface area contributed by atoms with Gasteiger partial charge in [0, 0.05) is 23.6 Å². The van der Waals surface area contributed by atoms with E-state index in [9.17, 15) is 4.79 Å². The first-order chi connectivity index (χ1) is 9.61. The minimum atomic E-state index is -0.0903. The molecule has 1 atom stereocenters. The summed E-state index contributed by atoms with van der Waals surface area (Å²) in [6.45, 7) is 4.01. The first-order valence-electron chi connectivity index (χ1n) is 7.64. The van der Waals surface area contributed by atoms with Gasteiger partial charge >= 0.3 is 0 Å². The largest absolute Gasteiger partial charge is 0.398 e. The molecular formula is C16H25N3O. The molecule has 110 valence electrons. The molecule has 1 saturated carbocycles. The van der Waals surface area contributed by atoms with Crippen molar-refractivity contribution in [2.45, 2.75) is 58.4 Å². The van der Waals surface area contributed by atoms with Gasteiger partial charge in [-0.15, -0.1) is 0 Å². The van der Waals surface area contributed by atoms with Crippen molar-refractivity contribution in [3.8, 4) is 0 Å². The van der Waals surface area contributed by atoms with Crippen LogP contribution in [-0.4, -0.2) is 16.9 Å². The molecule has 0 spiro atoms. The number of nitrogens with one attached hydrogen (secondary N) is 1. The second-order valence-corrected chi connectivity index (χ2v) is 5.80. The quantitative estimate of drug-likeness (QED) is 0.887. The number of aryl methyl sites for hydroxylation is 1. The molecule has 1 aliphatic carbocycles. The van der Waals surface area contributed by atoms with E-state index >= 15 is 0 Å². The maximum atomic E-state index is 12.4. The van der Waals surface area contributed by atoms with Crippen molar-refractivity contribution in [2.75, 3.05) is 5.73 Å². The predicted molar refractivity (Wildman–Crippen MR) is 81.5 cm³/mol. The average molecular weight is 275 g/mol. The Morgan fingerprint density at radius 2 is 2.15 bits per heavy atom. The Morgan fingerprint density at radius 1 is 1.45 bits per heavy atom. The second kappa shape index (κ2) is 6.73. The van der Waals surface area contributed by atoms with Crippen molar-refractivity contribution in [3.63, 3.8) is 0 Å². The van der Waals surface area contributed by atoms with Gasteiger partial charge in [-0.05, 0) is 38.2 Å². The van der Waals surface area contributed by atoms with Gasteiger partial charge < -0.3 is 11.1 Å². The van der Waals surface area contributed by atoms with E-state index < -0.39 is 0 Å². The molecule has 0 aromatic carbocycles. The molecule has 1 amide bonds. The van der Waals surface area contributed by atoms with Gasteiger partial charge in [0.1, 0.15) is 0 Å². The molecule has 1 heterocycles. The van der Waals surface area contributed by atoms with Gasteiger partial charge in [-0.1, -0.05) is 26.2 Å². The number of nitrogens with zero attached hydrogens (tertiary/aromatic N) is 1. The van der Waals surface area contributed by atoms with Crippen LogP contribution in [0.2, 0.25) is 0 Å². The number of amides is 1. The number of rotatable bonds is 4. The highest BCUT2D eigenvalue weighted by atomic mass is 16.1. The van der Waals surface area contributed by atoms with Gasteiger partial charge in [-0.2, -0.15) is 0 Å². The Kier molecular flexibility index (Phi) is 4.99. The number of carbonyl (C=O) groups excluding carboxylic acids is 1. The molecule has 0 saturated heterocycles. The van der Waals surface area contributed by atoms with Gasteiger partial charge in [0.2, 0.25) is 0 Å². The average Bonchev–Trinajstić information content (AvgIpc) is 2.45. The lowest BCUT2D eigenvalue weighted by atomic mass is 9.83. The molecule has 2 rings (SSSR count). The first-order valence-corrected chi connectivity index (χ1v) is 7.64. The summed E-state index contributed by atoms with van der Waals surface area (Å²) in [4.78, 5) is 16.5. The third kappa shape index (κ3) is 3.50. The van der Waals surface area contributed by atoms with Crippen LogP contribution >= 0.6 is 0 Å². The molecule has 1 aliphatic rings. The van der Waals surface area contributed by atoms with E-state index in [1.165, 1.54) is 32.1 Å². The van der Waals surface area contributed by atoms with Gasteiger partial charge in [-0.25, -0.2) is 0 Å². The van der Waals surface area contributed by atoms with E-state index in [0.717, 1.165) is 12.1 Å². The third-order valence-corrected chi connectivity index (χ3v) is 4.29. The summed E-state index contributed by atoms with van der Waals surface area (Å²) in [5.41, 5.74) is 7.75. The van der Waals surface area contributed by atoms with Crippen LogP contribution < -0.4 is 11.1 Å². The van der Waals surface area contributed by atoms with Crippen LogP contribution in [0, 0.1) is 12.8 Å². The minimum absolute atomic E-state index is 0.0903. The van der Waals surface area contributed by atoms with Crippen molar-refractivity contribution in [2.24, 2.45) is 5.92 Å². The monoisotopic (exact) mass is 275 g/mol. The Morgan fingerprint density at radius 3 is 2.75 bits per heavy atom. The van der Waals surface area contributed by atoms with Crippen molar-refractivity contribution in [1.82, 2.24) is 10.3 Å². The maximum Gasteiger partial charge on any atom is 0.255 e. The van der Waals surface area contributed by atoms with E-state index in [1.807, 2.05) is 6.92 Å². The molecule has 4 nitrogen and oxygen atoms in total. The number of hydrogen-bond acceptors (Lipinski definition) is 3. The van der Waals surface area contributed by atoms with Gasteiger partial charge in [-0.3, -0.25) is 9.78 Å². The molecule has 0 aliphatic heterocycles. The normalized spacial score (nSPS) is 17.7. The van der Waals surface area contributed by atoms with E-state index in [1.54, 1.807) is 12.3 Å². The van der Waals surface area contributed by atoms with E-state index in [-0.39, 0.29) is 11.9 Å². The molecule has 1 aromatic rings. The number of nitrogens with two attached hydrogens (primary N) is 1. The summed E-state index contributed by atoms with van der Waals surface area (Å²) in [5, 5.41) is 3.15. The highest BCUT2D eigenvalue weighted by molar-refractivity contribution is 5.99. The fraction of sp³-hybridized carbons (Fsp3) is 0.625. The lowest BCUT2D eigenvalue weighted by Gasteiger charge is -2.30. The predicted octanol–water partition coefficient (Wildman–Crippen LogP) is 3.06. The topological polar surface area (TPSA) is 68.0 Å². The van der Waals surface area contributed by atoms with Crippen LogP contribution in [0.1, 0.15) is 61.5 Å². The number of anilines is 1. The Hall–Kier alpha value is -1.58. The smallest absolute Gasteiger partial charge is 0.255 e. The molecular weight excluding hydrogens is 250 g/mol. The van der Waals surface area contributed by atoms with Crippen molar-refractivity contribution < 1.29 is 4.79 Å². The summed E-state index contributed by atoms with van der Waals surface area (Å²) in [6, 6.07) is 2.00. The number of carbonyl (C=O) groups is 1. The zero-order valence-electron chi connectivity index (χ0n) is 12.5. The third-order valence-electron chi connectivity index (χ3n) is 4.29. The highest BCUT2D eigenvalue weighted by Crippen LogP contribution is 2.28. The van der Waals surface area contributed by atoms with E-state index in [0.29, 0.717) is 17.2 Å². The van der Waals surface area contributed by atoms with Crippen LogP contribution in [0.4, 0.5) is 5.69 Å². The minimum Gasteiger partial charge on any atom is -0.398 e. The molecule has 20 heavy (non-hydrogen) atoms. The van der Waals surface area contributed by atoms with Gasteiger partial charge in [0.15, 0.2) is 0 Å². The Labute approximate surface area is 121 Å². The molecule has 1 unspecified atom stereocenters. The second-order valence-electron chi connectivity index (χ2n) is 5.80. The Balaban J connectivity index is 2.04. The van der Waals surface area contributed by atoms with Gasteiger partial charge in [0.05, 0.1) is 5.56 Å². The molecule has 3 N–H and O–H groups in total. The van der Waals surface area contributed by atoms with E-state index in [2.05, 4.69) is 17.2 Å². The van der Waals surface area contributed by atoms with Crippen LogP contribution in [-0.2, 0) is 0 Å². The first kappa shape index (κ1) is 14.8. The van der Waals surface area contributed by atoms with Gasteiger partial charge in [0.25, 0.3) is 5.91 Å².